The molecule has 0 fully saturated rings. The van der Waals surface area contributed by atoms with E-state index in [4.69, 9.17) is 31.6 Å². The molecule has 0 amide bonds. The molecule has 0 unspecified atom stereocenters. The molecule has 0 bridgehead atoms. The first-order valence-corrected chi connectivity index (χ1v) is 5.71. The van der Waals surface area contributed by atoms with Crippen LogP contribution in [0.4, 0.5) is 0 Å². The van der Waals surface area contributed by atoms with Gasteiger partial charge < -0.3 is 0 Å². The molecule has 0 rings (SSSR count). The van der Waals surface area contributed by atoms with Gasteiger partial charge in [-0.1, -0.05) is 0 Å². The molecule has 0 aromatic heterocycles. The molecule has 0 aliphatic rings. The summed E-state index contributed by atoms with van der Waals surface area (Å²) in [4.78, 5) is 6.19. The van der Waals surface area contributed by atoms with Gasteiger partial charge in [0, 0.05) is 0 Å². The van der Waals surface area contributed by atoms with Gasteiger partial charge in [0.15, 0.2) is 0 Å². The molecule has 0 aromatic rings. The van der Waals surface area contributed by atoms with Gasteiger partial charge in [0.25, 0.3) is 0 Å². The van der Waals surface area contributed by atoms with Gasteiger partial charge in [-0.2, -0.15) is 0 Å². The number of nitriles is 6. The fraction of sp³-hybridized carbons (Fsp3) is 0. The van der Waals surface area contributed by atoms with Crippen molar-refractivity contribution in [3.63, 3.8) is 0 Å². The Kier molecular flexibility index (Phi) is 16.6. The van der Waals surface area contributed by atoms with E-state index in [0.717, 1.165) is 29.8 Å². The van der Waals surface area contributed by atoms with Crippen LogP contribution < -0.4 is 207 Å². The van der Waals surface area contributed by atoms with E-state index in [9.17, 15) is 0 Å². The molecular formula is C6Cs3FeN6. The Labute approximate surface area is 268 Å². The minimum atomic E-state index is -6.17. The zero-order valence-corrected chi connectivity index (χ0v) is 29.0. The monoisotopic (exact) mass is 611 g/mol. The van der Waals surface area contributed by atoms with Gasteiger partial charge in [0.1, 0.15) is 0 Å². The van der Waals surface area contributed by atoms with Crippen LogP contribution in [0.2, 0.25) is 0 Å². The summed E-state index contributed by atoms with van der Waals surface area (Å²) >= 11 is 0. The SMILES string of the molecule is N#[C][Fe-3]([C]#N)([C]#N)([C]#N)([C]#N)[C]#N.[Cs+].[Cs+].[Cs+]. The Bertz CT molecular complexity index is 398. The molecule has 65 valence electrons. The van der Waals surface area contributed by atoms with Crippen LogP contribution >= 0.6 is 0 Å². The smallest absolute Gasteiger partial charge is 1.00 e. The third-order valence-electron chi connectivity index (χ3n) is 1.19. The number of nitrogens with zero attached hydrogens (tertiary/aromatic N) is 6. The Morgan fingerprint density at radius 2 is 0.562 bits per heavy atom. The van der Waals surface area contributed by atoms with Gasteiger partial charge in [-0.05, 0) is 0 Å². The van der Waals surface area contributed by atoms with E-state index in [1.54, 1.807) is 0 Å². The third kappa shape index (κ3) is 4.30. The normalized spacial score (nSPS) is 10.9. The number of hydrogen-bond acceptors (Lipinski definition) is 6. The molecule has 6 nitrogen and oxygen atoms in total. The molecular weight excluding hydrogens is 611 g/mol. The van der Waals surface area contributed by atoms with Crippen molar-refractivity contribution in [3.8, 4) is 29.8 Å². The van der Waals surface area contributed by atoms with Crippen molar-refractivity contribution >= 4 is 0 Å². The van der Waals surface area contributed by atoms with Crippen molar-refractivity contribution in [2.24, 2.45) is 0 Å². The molecule has 0 aliphatic carbocycles. The zero-order chi connectivity index (χ0) is 10.7. The molecule has 0 radical (unpaired) electrons. The average Bonchev–Trinajstić information content (AvgIpc) is 2.26. The quantitative estimate of drug-likeness (QED) is 0.250. The Morgan fingerprint density at radius 3 is 0.562 bits per heavy atom. The van der Waals surface area contributed by atoms with Gasteiger partial charge in [0.05, 0.1) is 0 Å². The van der Waals surface area contributed by atoms with Crippen molar-refractivity contribution in [3.05, 3.63) is 0 Å². The van der Waals surface area contributed by atoms with E-state index in [-0.39, 0.29) is 207 Å². The molecule has 0 saturated carbocycles. The first kappa shape index (κ1) is 27.9. The van der Waals surface area contributed by atoms with Crippen LogP contribution in [0.5, 0.6) is 0 Å². The van der Waals surface area contributed by atoms with E-state index in [0.29, 0.717) is 0 Å². The maximum atomic E-state index is 8.58. The summed E-state index contributed by atoms with van der Waals surface area (Å²) in [5.74, 6) is 0. The zero-order valence-electron chi connectivity index (χ0n) is 9.04. The van der Waals surface area contributed by atoms with Crippen LogP contribution in [-0.4, -0.2) is 0 Å². The van der Waals surface area contributed by atoms with E-state index in [1.165, 1.54) is 0 Å². The Morgan fingerprint density at radius 1 is 0.438 bits per heavy atom. The predicted octanol–water partition coefficient (Wildman–Crippen LogP) is -8.89. The van der Waals surface area contributed by atoms with E-state index in [2.05, 4.69) is 0 Å². The van der Waals surface area contributed by atoms with Crippen LogP contribution in [-0.2, 0) is 10.7 Å². The van der Waals surface area contributed by atoms with E-state index < -0.39 is 10.7 Å². The first-order chi connectivity index (χ1) is 5.97. The van der Waals surface area contributed by atoms with Gasteiger partial charge in [-0.3, -0.25) is 0 Å². The van der Waals surface area contributed by atoms with Crippen molar-refractivity contribution in [2.75, 3.05) is 0 Å². The Balaban J connectivity index is -0.000000240. The van der Waals surface area contributed by atoms with Crippen LogP contribution in [0.3, 0.4) is 0 Å². The molecule has 0 saturated heterocycles. The molecule has 0 heterocycles. The summed E-state index contributed by atoms with van der Waals surface area (Å²) in [6, 6.07) is 0. The third-order valence-corrected chi connectivity index (χ3v) is 4.89. The summed E-state index contributed by atoms with van der Waals surface area (Å²) < 4.78 is 0. The summed E-state index contributed by atoms with van der Waals surface area (Å²) in [6.45, 7) is 0. The maximum Gasteiger partial charge on any atom is 1.00 e. The average molecular weight is 611 g/mol. The van der Waals surface area contributed by atoms with Crippen molar-refractivity contribution in [2.45, 2.75) is 0 Å². The predicted molar refractivity (Wildman–Crippen MR) is 33.7 cm³/mol. The fourth-order valence-corrected chi connectivity index (χ4v) is 1.09. The number of rotatable bonds is 0. The Hall–Kier alpha value is 3.62. The van der Waals surface area contributed by atoms with Crippen LogP contribution in [0.25, 0.3) is 0 Å². The second kappa shape index (κ2) is 9.53. The molecule has 0 aliphatic heterocycles. The van der Waals surface area contributed by atoms with Gasteiger partial charge in [-0.15, -0.1) is 0 Å². The minimum Gasteiger partial charge on any atom is 1.00 e. The van der Waals surface area contributed by atoms with Crippen molar-refractivity contribution < 1.29 is 217 Å². The van der Waals surface area contributed by atoms with Crippen LogP contribution in [0.1, 0.15) is 0 Å². The van der Waals surface area contributed by atoms with Crippen LogP contribution in [0.15, 0.2) is 0 Å². The van der Waals surface area contributed by atoms with E-state index >= 15 is 0 Å². The van der Waals surface area contributed by atoms with Gasteiger partial charge in [-0.25, -0.2) is 0 Å². The molecule has 0 atom stereocenters. The van der Waals surface area contributed by atoms with Gasteiger partial charge in [0.2, 0.25) is 0 Å². The second-order valence-corrected chi connectivity index (χ2v) is 7.42. The summed E-state index contributed by atoms with van der Waals surface area (Å²) in [7, 11) is -6.17. The van der Waals surface area contributed by atoms with Crippen LogP contribution in [0, 0.1) is 61.4 Å². The molecule has 10 heteroatoms. The molecule has 0 spiro atoms. The van der Waals surface area contributed by atoms with Gasteiger partial charge >= 0.3 is 279 Å². The largest absolute Gasteiger partial charge is 1.00 e. The molecule has 0 aromatic carbocycles. The summed E-state index contributed by atoms with van der Waals surface area (Å²) in [5, 5.41) is 51.5. The first-order valence-electron chi connectivity index (χ1n) is 2.40. The van der Waals surface area contributed by atoms with Crippen molar-refractivity contribution in [1.29, 1.82) is 31.6 Å². The topological polar surface area (TPSA) is 143 Å². The second-order valence-electron chi connectivity index (χ2n) is 1.80. The maximum absolute atomic E-state index is 8.58. The number of hydrogen-bond donors (Lipinski definition) is 0. The van der Waals surface area contributed by atoms with E-state index in [1.807, 2.05) is 0 Å². The molecule has 16 heavy (non-hydrogen) atoms. The summed E-state index contributed by atoms with van der Waals surface area (Å²) in [6.07, 6.45) is 0. The minimum absolute atomic E-state index is 0. The van der Waals surface area contributed by atoms with Crippen molar-refractivity contribution in [1.82, 2.24) is 0 Å². The fourth-order valence-electron chi connectivity index (χ4n) is 0.265. The summed E-state index contributed by atoms with van der Waals surface area (Å²) in [5.41, 5.74) is 0. The molecule has 0 N–H and O–H groups in total. The standard InChI is InChI=1S/6CN.3Cs.Fe/c6*1-2;;;;/q;;;;;;3*+1;-3.